The molecule has 0 bridgehead atoms. The van der Waals surface area contributed by atoms with Crippen LogP contribution in [0.1, 0.15) is 36.2 Å². The fraction of sp³-hybridized carbons (Fsp3) is 0.214. The van der Waals surface area contributed by atoms with Crippen LogP contribution in [0.15, 0.2) is 89.1 Å². The molecule has 4 aromatic rings. The summed E-state index contributed by atoms with van der Waals surface area (Å²) >= 11 is 1.32. The molecule has 0 fully saturated rings. The molecule has 0 radical (unpaired) electrons. The number of anilines is 1. The Kier molecular flexibility index (Phi) is 8.70. The van der Waals surface area contributed by atoms with E-state index < -0.39 is 10.0 Å². The van der Waals surface area contributed by atoms with Gasteiger partial charge >= 0.3 is 0 Å². The molecule has 1 heterocycles. The molecule has 0 aliphatic rings. The van der Waals surface area contributed by atoms with Crippen molar-refractivity contribution < 1.29 is 17.9 Å². The number of sulfonamides is 1. The second kappa shape index (κ2) is 12.1. The smallest absolute Gasteiger partial charge is 0.257 e. The maximum atomic E-state index is 13.2. The van der Waals surface area contributed by atoms with Crippen LogP contribution in [0.3, 0.4) is 0 Å². The second-order valence-corrected chi connectivity index (χ2v) is 11.1. The summed E-state index contributed by atoms with van der Waals surface area (Å²) in [4.78, 5) is 17.4. The molecule has 37 heavy (non-hydrogen) atoms. The van der Waals surface area contributed by atoms with Crippen LogP contribution in [0.5, 0.6) is 5.75 Å². The minimum absolute atomic E-state index is 0.143. The molecule has 4 rings (SSSR count). The summed E-state index contributed by atoms with van der Waals surface area (Å²) in [6.07, 6.45) is 0.945. The van der Waals surface area contributed by atoms with Crippen molar-refractivity contribution in [3.8, 4) is 17.0 Å². The summed E-state index contributed by atoms with van der Waals surface area (Å²) in [6.45, 7) is 5.15. The number of nitrogens with zero attached hydrogens (tertiary/aromatic N) is 2. The number of benzene rings is 3. The fourth-order valence-corrected chi connectivity index (χ4v) is 5.81. The lowest BCUT2D eigenvalue weighted by molar-refractivity contribution is 0.102. The van der Waals surface area contributed by atoms with Crippen molar-refractivity contribution in [3.05, 3.63) is 95.4 Å². The van der Waals surface area contributed by atoms with E-state index in [1.54, 1.807) is 6.92 Å². The van der Waals surface area contributed by atoms with Crippen LogP contribution >= 0.6 is 11.3 Å². The molecule has 0 saturated carbocycles. The highest BCUT2D eigenvalue weighted by Gasteiger charge is 2.23. The third-order valence-corrected chi connectivity index (χ3v) is 8.35. The quantitative estimate of drug-likeness (QED) is 0.252. The number of rotatable bonds is 11. The zero-order valence-corrected chi connectivity index (χ0v) is 22.4. The van der Waals surface area contributed by atoms with Crippen LogP contribution in [0.25, 0.3) is 11.3 Å². The number of aromatic nitrogens is 1. The monoisotopic (exact) mass is 535 g/mol. The Labute approximate surface area is 221 Å². The molecule has 0 atom stereocenters. The average Bonchev–Trinajstić information content (AvgIpc) is 3.39. The highest BCUT2D eigenvalue weighted by atomic mass is 32.2. The molecule has 192 valence electrons. The topological polar surface area (TPSA) is 88.6 Å². The molecule has 9 heteroatoms. The molecule has 1 N–H and O–H groups in total. The molecule has 0 aliphatic heterocycles. The standard InChI is InChI=1S/C28H29N3O4S2/c1-3-18-35-24-14-10-22(11-15-24)26-20-36-28(29-26)30-27(32)23-12-16-25(17-13-23)37(33,34)31(4-2)19-21-8-6-5-7-9-21/h5-17,20H,3-4,18-19H2,1-2H3,(H,29,30,32). The molecule has 0 aliphatic carbocycles. The van der Waals surface area contributed by atoms with E-state index in [4.69, 9.17) is 4.74 Å². The van der Waals surface area contributed by atoms with Gasteiger partial charge in [0.25, 0.3) is 5.91 Å². The maximum absolute atomic E-state index is 13.2. The second-order valence-electron chi connectivity index (χ2n) is 8.31. The van der Waals surface area contributed by atoms with E-state index in [1.807, 2.05) is 60.0 Å². The number of thiazole rings is 1. The summed E-state index contributed by atoms with van der Waals surface area (Å²) in [5, 5.41) is 5.13. The fourth-order valence-electron chi connectivity index (χ4n) is 3.66. The number of amides is 1. The van der Waals surface area contributed by atoms with Crippen LogP contribution in [0, 0.1) is 0 Å². The molecule has 7 nitrogen and oxygen atoms in total. The molecule has 0 spiro atoms. The Balaban J connectivity index is 1.41. The predicted octanol–water partition coefficient (Wildman–Crippen LogP) is 6.06. The first-order valence-electron chi connectivity index (χ1n) is 12.0. The van der Waals surface area contributed by atoms with Crippen molar-refractivity contribution in [2.24, 2.45) is 0 Å². The number of carbonyl (C=O) groups excluding carboxylic acids is 1. The number of carbonyl (C=O) groups is 1. The molecule has 1 aromatic heterocycles. The van der Waals surface area contributed by atoms with E-state index in [2.05, 4.69) is 17.2 Å². The van der Waals surface area contributed by atoms with Gasteiger partial charge in [0.15, 0.2) is 5.13 Å². The van der Waals surface area contributed by atoms with Crippen molar-refractivity contribution in [3.63, 3.8) is 0 Å². The Morgan fingerprint density at radius 2 is 1.68 bits per heavy atom. The largest absolute Gasteiger partial charge is 0.494 e. The first-order valence-corrected chi connectivity index (χ1v) is 14.4. The molecular weight excluding hydrogens is 506 g/mol. The van der Waals surface area contributed by atoms with Gasteiger partial charge in [-0.3, -0.25) is 10.1 Å². The van der Waals surface area contributed by atoms with Gasteiger partial charge in [-0.05, 0) is 60.5 Å². The lowest BCUT2D eigenvalue weighted by Crippen LogP contribution is -2.30. The van der Waals surface area contributed by atoms with E-state index >= 15 is 0 Å². The summed E-state index contributed by atoms with van der Waals surface area (Å²) in [7, 11) is -3.70. The van der Waals surface area contributed by atoms with E-state index in [0.29, 0.717) is 23.8 Å². The van der Waals surface area contributed by atoms with Gasteiger partial charge in [-0.15, -0.1) is 11.3 Å². The Morgan fingerprint density at radius 3 is 2.32 bits per heavy atom. The van der Waals surface area contributed by atoms with Crippen molar-refractivity contribution in [1.29, 1.82) is 0 Å². The third-order valence-electron chi connectivity index (χ3n) is 5.66. The van der Waals surface area contributed by atoms with Crippen molar-refractivity contribution >= 4 is 32.4 Å². The predicted molar refractivity (Wildman–Crippen MR) is 147 cm³/mol. The van der Waals surface area contributed by atoms with E-state index in [0.717, 1.165) is 29.0 Å². The molecular formula is C28H29N3O4S2. The van der Waals surface area contributed by atoms with Crippen LogP contribution in [0.2, 0.25) is 0 Å². The van der Waals surface area contributed by atoms with Gasteiger partial charge in [0.1, 0.15) is 5.75 Å². The van der Waals surface area contributed by atoms with Crippen molar-refractivity contribution in [2.75, 3.05) is 18.5 Å². The first kappa shape index (κ1) is 26.5. The van der Waals surface area contributed by atoms with Gasteiger partial charge in [-0.2, -0.15) is 4.31 Å². The van der Waals surface area contributed by atoms with Gasteiger partial charge in [0, 0.05) is 29.6 Å². The highest BCUT2D eigenvalue weighted by Crippen LogP contribution is 2.27. The lowest BCUT2D eigenvalue weighted by atomic mass is 10.2. The minimum Gasteiger partial charge on any atom is -0.494 e. The van der Waals surface area contributed by atoms with E-state index in [-0.39, 0.29) is 17.3 Å². The van der Waals surface area contributed by atoms with E-state index in [1.165, 1.54) is 39.9 Å². The number of hydrogen-bond acceptors (Lipinski definition) is 6. The van der Waals surface area contributed by atoms with Gasteiger partial charge in [-0.25, -0.2) is 13.4 Å². The molecule has 0 unspecified atom stereocenters. The molecule has 0 saturated heterocycles. The van der Waals surface area contributed by atoms with Crippen LogP contribution in [-0.4, -0.2) is 36.8 Å². The number of hydrogen-bond donors (Lipinski definition) is 1. The Hall–Kier alpha value is -3.53. The zero-order valence-electron chi connectivity index (χ0n) is 20.8. The Morgan fingerprint density at radius 1 is 0.973 bits per heavy atom. The highest BCUT2D eigenvalue weighted by molar-refractivity contribution is 7.89. The summed E-state index contributed by atoms with van der Waals surface area (Å²) in [5.74, 6) is 0.451. The summed E-state index contributed by atoms with van der Waals surface area (Å²) < 4.78 is 33.3. The third kappa shape index (κ3) is 6.62. The molecule has 3 aromatic carbocycles. The first-order chi connectivity index (χ1) is 17.9. The van der Waals surface area contributed by atoms with Crippen LogP contribution < -0.4 is 10.1 Å². The van der Waals surface area contributed by atoms with Gasteiger partial charge in [0.05, 0.1) is 17.2 Å². The number of ether oxygens (including phenoxy) is 1. The summed E-state index contributed by atoms with van der Waals surface area (Å²) in [6, 6.07) is 23.1. The number of nitrogens with one attached hydrogen (secondary N) is 1. The average molecular weight is 536 g/mol. The molecule has 1 amide bonds. The van der Waals surface area contributed by atoms with Crippen molar-refractivity contribution in [2.45, 2.75) is 31.7 Å². The lowest BCUT2D eigenvalue weighted by Gasteiger charge is -2.20. The van der Waals surface area contributed by atoms with Crippen molar-refractivity contribution in [1.82, 2.24) is 9.29 Å². The minimum atomic E-state index is -3.70. The SMILES string of the molecule is CCCOc1ccc(-c2csc(NC(=O)c3ccc(S(=O)(=O)N(CC)Cc4ccccc4)cc3)n2)cc1. The van der Waals surface area contributed by atoms with Crippen LogP contribution in [0.4, 0.5) is 5.13 Å². The van der Waals surface area contributed by atoms with Gasteiger partial charge in [-0.1, -0.05) is 44.2 Å². The van der Waals surface area contributed by atoms with Gasteiger partial charge < -0.3 is 4.74 Å². The van der Waals surface area contributed by atoms with Crippen LogP contribution in [-0.2, 0) is 16.6 Å². The summed E-state index contributed by atoms with van der Waals surface area (Å²) in [5.41, 5.74) is 2.93. The Bertz CT molecular complexity index is 1420. The van der Waals surface area contributed by atoms with Gasteiger partial charge in [0.2, 0.25) is 10.0 Å². The normalized spacial score (nSPS) is 11.4. The zero-order chi connectivity index (χ0) is 26.3. The maximum Gasteiger partial charge on any atom is 0.257 e. The van der Waals surface area contributed by atoms with E-state index in [9.17, 15) is 13.2 Å².